The maximum absolute atomic E-state index is 13.3. The number of carbonyl (C=O) groups excluding carboxylic acids is 3. The number of β-lactam (4-membered cyclic amide) rings is 1. The molecule has 1 aromatic heterocycles. The maximum Gasteiger partial charge on any atom is 0.355 e. The molecule has 4 rings (SSSR count). The highest BCUT2D eigenvalue weighted by Crippen LogP contribution is 2.43. The number of ether oxygens (including phenoxy) is 1. The van der Waals surface area contributed by atoms with E-state index in [0.29, 0.717) is 0 Å². The van der Waals surface area contributed by atoms with E-state index in [-0.39, 0.29) is 41.7 Å². The van der Waals surface area contributed by atoms with Gasteiger partial charge < -0.3 is 14.2 Å². The Balaban J connectivity index is 1.57. The fourth-order valence-corrected chi connectivity index (χ4v) is 7.14. The highest BCUT2D eigenvalue weighted by molar-refractivity contribution is 8.00. The number of nitro benzene ring substituents is 1. The molecule has 0 radical (unpaired) electrons. The number of amides is 2. The molecule has 36 heavy (non-hydrogen) atoms. The van der Waals surface area contributed by atoms with Crippen molar-refractivity contribution in [3.05, 3.63) is 67.4 Å². The number of benzene rings is 1. The zero-order chi connectivity index (χ0) is 26.0. The Labute approximate surface area is 213 Å². The van der Waals surface area contributed by atoms with Gasteiger partial charge in [-0.2, -0.15) is 8.42 Å². The molecular formula is C21H19N3O9S3. The summed E-state index contributed by atoms with van der Waals surface area (Å²) >= 11 is 2.61. The number of hydrogen-bond acceptors (Lipinski definition) is 11. The van der Waals surface area contributed by atoms with Gasteiger partial charge in [0.1, 0.15) is 23.8 Å². The molecule has 190 valence electrons. The maximum atomic E-state index is 13.3. The zero-order valence-electron chi connectivity index (χ0n) is 18.6. The minimum Gasteiger partial charge on any atom is -0.461 e. The monoisotopic (exact) mass is 553 g/mol. The third-order valence-corrected chi connectivity index (χ3v) is 8.75. The van der Waals surface area contributed by atoms with Crippen LogP contribution in [0.15, 0.2) is 52.4 Å². The van der Waals surface area contributed by atoms with Gasteiger partial charge in [0.25, 0.3) is 11.6 Å². The second-order valence-electron chi connectivity index (χ2n) is 7.69. The van der Waals surface area contributed by atoms with Gasteiger partial charge in [-0.1, -0.05) is 6.07 Å². The van der Waals surface area contributed by atoms with E-state index in [4.69, 9.17) is 8.92 Å². The van der Waals surface area contributed by atoms with Gasteiger partial charge in [0.15, 0.2) is 5.03 Å². The summed E-state index contributed by atoms with van der Waals surface area (Å²) in [5.41, 5.74) is -0.132. The number of thiophene rings is 1. The number of fused-ring (bicyclic) bond motifs is 1. The van der Waals surface area contributed by atoms with Crippen LogP contribution < -0.4 is 9.50 Å². The van der Waals surface area contributed by atoms with Crippen LogP contribution in [0.25, 0.3) is 0 Å². The van der Waals surface area contributed by atoms with Gasteiger partial charge in [-0.25, -0.2) is 0 Å². The van der Waals surface area contributed by atoms with Crippen LogP contribution in [-0.4, -0.2) is 59.8 Å². The largest absolute Gasteiger partial charge is 0.461 e. The third kappa shape index (κ3) is 5.37. The number of rotatable bonds is 9. The van der Waals surface area contributed by atoms with Crippen LogP contribution in [0.1, 0.15) is 11.8 Å². The quantitative estimate of drug-likeness (QED) is 0.159. The van der Waals surface area contributed by atoms with Crippen molar-refractivity contribution >= 4 is 56.7 Å². The second-order valence-corrected chi connectivity index (χ2v) is 11.3. The molecule has 1 N–H and O–H groups in total. The van der Waals surface area contributed by atoms with Gasteiger partial charge >= 0.3 is 16.1 Å². The summed E-state index contributed by atoms with van der Waals surface area (Å²) < 4.78 is 36.7. The second kappa shape index (κ2) is 10.3. The molecule has 2 aliphatic heterocycles. The van der Waals surface area contributed by atoms with Gasteiger partial charge in [-0.05, 0) is 23.6 Å². The van der Waals surface area contributed by atoms with Crippen LogP contribution in [0.5, 0.6) is 5.75 Å². The first-order valence-electron chi connectivity index (χ1n) is 10.4. The topological polar surface area (TPSA) is 162 Å². The van der Waals surface area contributed by atoms with E-state index >= 15 is 0 Å². The van der Waals surface area contributed by atoms with Crippen molar-refractivity contribution in [2.24, 2.45) is 0 Å². The van der Waals surface area contributed by atoms with Crippen molar-refractivity contribution in [1.82, 2.24) is 10.2 Å². The molecule has 0 bridgehead atoms. The van der Waals surface area contributed by atoms with Crippen molar-refractivity contribution in [2.75, 3.05) is 12.4 Å². The van der Waals surface area contributed by atoms with Crippen molar-refractivity contribution in [2.45, 2.75) is 24.8 Å². The van der Waals surface area contributed by atoms with E-state index in [1.54, 1.807) is 12.1 Å². The van der Waals surface area contributed by atoms with Crippen LogP contribution in [0.2, 0.25) is 0 Å². The first-order chi connectivity index (χ1) is 17.1. The number of thioether (sulfide) groups is 1. The first kappa shape index (κ1) is 25.7. The fourth-order valence-electron chi connectivity index (χ4n) is 3.58. The minimum absolute atomic E-state index is 0.0841. The van der Waals surface area contributed by atoms with E-state index in [1.165, 1.54) is 23.1 Å². The summed E-state index contributed by atoms with van der Waals surface area (Å²) in [7, 11) is -4.62. The lowest BCUT2D eigenvalue weighted by molar-refractivity contribution is -0.384. The zero-order valence-corrected chi connectivity index (χ0v) is 21.1. The number of nitrogens with zero attached hydrogens (tertiary/aromatic N) is 2. The average molecular weight is 554 g/mol. The fraction of sp³-hybridized carbons (Fsp3) is 0.286. The molecule has 0 saturated carbocycles. The standard InChI is InChI=1S/C21H19N3O9S3/c1-12(25)32-10-13-11-35-20-18(22-17(26)9-16-3-2-8-34-16)19(27)23(20)21(13)36(30,31)33-15-6-4-14(5-7-15)24(28)29/h2-8,18,20H,9-11H2,1H3,(H,22,26)/t18-,20-/m0/s1. The summed E-state index contributed by atoms with van der Waals surface area (Å²) in [6.07, 6.45) is 0.0841. The van der Waals surface area contributed by atoms with E-state index in [0.717, 1.165) is 41.0 Å². The molecule has 2 atom stereocenters. The van der Waals surface area contributed by atoms with Crippen LogP contribution >= 0.6 is 23.1 Å². The first-order valence-corrected chi connectivity index (χ1v) is 13.7. The summed E-state index contributed by atoms with van der Waals surface area (Å²) in [6, 6.07) is 7.03. The summed E-state index contributed by atoms with van der Waals surface area (Å²) in [6.45, 7) is 0.779. The Morgan fingerprint density at radius 2 is 1.97 bits per heavy atom. The molecule has 1 saturated heterocycles. The molecule has 1 aromatic carbocycles. The Morgan fingerprint density at radius 3 is 2.58 bits per heavy atom. The molecule has 15 heteroatoms. The van der Waals surface area contributed by atoms with Crippen molar-refractivity contribution in [1.29, 1.82) is 0 Å². The molecular weight excluding hydrogens is 534 g/mol. The lowest BCUT2D eigenvalue weighted by atomic mass is 10.1. The minimum atomic E-state index is -4.62. The molecule has 2 aliphatic rings. The van der Waals surface area contributed by atoms with Crippen molar-refractivity contribution in [3.8, 4) is 5.75 Å². The smallest absolute Gasteiger partial charge is 0.355 e. The summed E-state index contributed by atoms with van der Waals surface area (Å²) in [4.78, 5) is 48.8. The SMILES string of the molecule is CC(=O)OCC1=C(S(=O)(=O)Oc2ccc([N+](=O)[O-])cc2)N2C(=O)[C@H](NC(=O)Cc3cccs3)[C@@H]2SC1. The Kier molecular flexibility index (Phi) is 7.33. The highest BCUT2D eigenvalue weighted by atomic mass is 32.2. The molecule has 0 aliphatic carbocycles. The predicted molar refractivity (Wildman–Crippen MR) is 129 cm³/mol. The van der Waals surface area contributed by atoms with Gasteiger partial charge in [-0.15, -0.1) is 23.1 Å². The number of nitro groups is 1. The molecule has 2 amide bonds. The van der Waals surface area contributed by atoms with E-state index < -0.39 is 43.4 Å². The lowest BCUT2D eigenvalue weighted by Gasteiger charge is -2.49. The van der Waals surface area contributed by atoms with E-state index in [2.05, 4.69) is 5.32 Å². The third-order valence-electron chi connectivity index (χ3n) is 5.16. The molecule has 2 aromatic rings. The van der Waals surface area contributed by atoms with Gasteiger partial charge in [-0.3, -0.25) is 29.4 Å². The molecule has 0 unspecified atom stereocenters. The lowest BCUT2D eigenvalue weighted by Crippen LogP contribution is -2.70. The van der Waals surface area contributed by atoms with Crippen LogP contribution in [0, 0.1) is 10.1 Å². The summed E-state index contributed by atoms with van der Waals surface area (Å²) in [5.74, 6) is -1.79. The molecule has 3 heterocycles. The molecule has 1 fully saturated rings. The van der Waals surface area contributed by atoms with Crippen molar-refractivity contribution in [3.63, 3.8) is 0 Å². The van der Waals surface area contributed by atoms with Crippen LogP contribution in [0.4, 0.5) is 5.69 Å². The molecule has 0 spiro atoms. The van der Waals surface area contributed by atoms with E-state index in [1.807, 2.05) is 5.38 Å². The number of esters is 1. The van der Waals surface area contributed by atoms with Gasteiger partial charge in [0.05, 0.1) is 11.3 Å². The Hall–Kier alpha value is -3.43. The van der Waals surface area contributed by atoms with Gasteiger partial charge in [0, 0.05) is 35.3 Å². The predicted octanol–water partition coefficient (Wildman–Crippen LogP) is 1.78. The Bertz CT molecular complexity index is 1340. The van der Waals surface area contributed by atoms with Crippen LogP contribution in [-0.2, 0) is 35.7 Å². The van der Waals surface area contributed by atoms with Crippen LogP contribution in [0.3, 0.4) is 0 Å². The number of hydrogen-bond donors (Lipinski definition) is 1. The number of carbonyl (C=O) groups is 3. The normalized spacial score (nSPS) is 19.2. The number of non-ortho nitro benzene ring substituents is 1. The molecule has 12 nitrogen and oxygen atoms in total. The summed E-state index contributed by atoms with van der Waals surface area (Å²) in [5, 5.41) is 14.2. The van der Waals surface area contributed by atoms with Gasteiger partial charge in [0.2, 0.25) is 5.91 Å². The van der Waals surface area contributed by atoms with Crippen molar-refractivity contribution < 1.29 is 36.6 Å². The average Bonchev–Trinajstić information content (AvgIpc) is 3.33. The van der Waals surface area contributed by atoms with E-state index in [9.17, 15) is 32.9 Å². The highest BCUT2D eigenvalue weighted by Gasteiger charge is 2.56. The Morgan fingerprint density at radius 1 is 1.25 bits per heavy atom. The number of nitrogens with one attached hydrogen (secondary N) is 1.